The molecule has 2 aromatic rings. The van der Waals surface area contributed by atoms with Crippen LogP contribution in [0.15, 0.2) is 48.5 Å². The van der Waals surface area contributed by atoms with E-state index >= 15 is 0 Å². The van der Waals surface area contributed by atoms with Crippen LogP contribution in [-0.4, -0.2) is 46.2 Å². The van der Waals surface area contributed by atoms with E-state index in [9.17, 15) is 14.3 Å². The summed E-state index contributed by atoms with van der Waals surface area (Å²) in [6.07, 6.45) is 0.946. The zero-order chi connectivity index (χ0) is 22.2. The molecule has 3 unspecified atom stereocenters. The summed E-state index contributed by atoms with van der Waals surface area (Å²) in [7, 11) is 0. The fourth-order valence-corrected chi connectivity index (χ4v) is 5.14. The Bertz CT molecular complexity index is 950. The van der Waals surface area contributed by atoms with E-state index in [0.717, 1.165) is 31.7 Å². The zero-order valence-electron chi connectivity index (χ0n) is 18.4. The fraction of sp³-hybridized carbons (Fsp3) is 0.480. The van der Waals surface area contributed by atoms with Gasteiger partial charge in [-0.15, -0.1) is 0 Å². The number of ether oxygens (including phenoxy) is 1. The van der Waals surface area contributed by atoms with Gasteiger partial charge in [0.1, 0.15) is 17.7 Å². The van der Waals surface area contributed by atoms with E-state index in [1.165, 1.54) is 17.7 Å². The number of carbonyl (C=O) groups excluding carboxylic acids is 1. The van der Waals surface area contributed by atoms with Crippen LogP contribution in [0.4, 0.5) is 10.1 Å². The van der Waals surface area contributed by atoms with Crippen molar-refractivity contribution >= 4 is 11.6 Å². The number of carbonyl (C=O) groups is 1. The monoisotopic (exact) mass is 426 g/mol. The molecule has 1 spiro atoms. The third kappa shape index (κ3) is 4.46. The minimum absolute atomic E-state index is 0.129. The van der Waals surface area contributed by atoms with Crippen LogP contribution in [0, 0.1) is 5.82 Å². The van der Waals surface area contributed by atoms with Gasteiger partial charge in [-0.2, -0.15) is 0 Å². The molecule has 6 heteroatoms. The Labute approximate surface area is 183 Å². The highest BCUT2D eigenvalue weighted by Gasteiger charge is 2.53. The summed E-state index contributed by atoms with van der Waals surface area (Å²) < 4.78 is 19.7. The van der Waals surface area contributed by atoms with Crippen LogP contribution in [0.25, 0.3) is 0 Å². The molecule has 1 N–H and O–H groups in total. The molecule has 166 valence electrons. The molecule has 1 amide bonds. The summed E-state index contributed by atoms with van der Waals surface area (Å²) in [5.41, 5.74) is 1.23. The Hall–Kier alpha value is -2.44. The highest BCUT2D eigenvalue weighted by atomic mass is 19.1. The van der Waals surface area contributed by atoms with Gasteiger partial charge < -0.3 is 14.7 Å². The quantitative estimate of drug-likeness (QED) is 0.781. The maximum atomic E-state index is 13.9. The first kappa shape index (κ1) is 21.8. The number of benzene rings is 2. The van der Waals surface area contributed by atoms with Gasteiger partial charge in [-0.3, -0.25) is 9.69 Å². The summed E-state index contributed by atoms with van der Waals surface area (Å²) in [5, 5.41) is 10.4. The molecule has 4 rings (SSSR count). The third-order valence-electron chi connectivity index (χ3n) is 6.44. The molecule has 2 aromatic carbocycles. The van der Waals surface area contributed by atoms with Crippen LogP contribution >= 0.6 is 0 Å². The van der Waals surface area contributed by atoms with Crippen molar-refractivity contribution in [2.45, 2.75) is 70.4 Å². The van der Waals surface area contributed by atoms with Gasteiger partial charge in [0, 0.05) is 31.2 Å². The van der Waals surface area contributed by atoms with Crippen molar-refractivity contribution in [1.29, 1.82) is 0 Å². The second-order valence-corrected chi connectivity index (χ2v) is 9.19. The number of hydrogen-bond acceptors (Lipinski definition) is 4. The van der Waals surface area contributed by atoms with Gasteiger partial charge >= 0.3 is 0 Å². The first-order chi connectivity index (χ1) is 14.8. The average Bonchev–Trinajstić information content (AvgIpc) is 2.93. The molecule has 2 saturated heterocycles. The smallest absolute Gasteiger partial charge is 0.256 e. The van der Waals surface area contributed by atoms with Crippen LogP contribution in [0.3, 0.4) is 0 Å². The van der Waals surface area contributed by atoms with Crippen LogP contribution in [0.2, 0.25) is 0 Å². The van der Waals surface area contributed by atoms with E-state index in [0.29, 0.717) is 12.1 Å². The van der Waals surface area contributed by atoms with E-state index in [-0.39, 0.29) is 23.9 Å². The first-order valence-electron chi connectivity index (χ1n) is 11.0. The summed E-state index contributed by atoms with van der Waals surface area (Å²) in [6, 6.07) is 14.5. The van der Waals surface area contributed by atoms with Crippen molar-refractivity contribution in [3.63, 3.8) is 0 Å². The van der Waals surface area contributed by atoms with Crippen LogP contribution in [0.5, 0.6) is 5.75 Å². The lowest BCUT2D eigenvalue weighted by Crippen LogP contribution is -2.56. The van der Waals surface area contributed by atoms with Gasteiger partial charge in [-0.05, 0) is 69.5 Å². The Morgan fingerprint density at radius 3 is 2.68 bits per heavy atom. The molecule has 2 fully saturated rings. The number of hydrogen-bond donors (Lipinski definition) is 1. The van der Waals surface area contributed by atoms with Crippen LogP contribution < -0.4 is 9.64 Å². The van der Waals surface area contributed by atoms with Crippen molar-refractivity contribution in [2.24, 2.45) is 0 Å². The Morgan fingerprint density at radius 2 is 1.97 bits per heavy atom. The normalized spacial score (nSPS) is 26.8. The van der Waals surface area contributed by atoms with Gasteiger partial charge in [0.25, 0.3) is 5.91 Å². The molecule has 0 radical (unpaired) electrons. The predicted octanol–water partition coefficient (Wildman–Crippen LogP) is 4.13. The molecular weight excluding hydrogens is 395 g/mol. The second kappa shape index (κ2) is 8.60. The van der Waals surface area contributed by atoms with Crippen LogP contribution in [0.1, 0.15) is 45.6 Å². The van der Waals surface area contributed by atoms with E-state index in [4.69, 9.17) is 4.74 Å². The van der Waals surface area contributed by atoms with Gasteiger partial charge in [-0.1, -0.05) is 18.2 Å². The van der Waals surface area contributed by atoms with Gasteiger partial charge in [0.05, 0.1) is 11.6 Å². The van der Waals surface area contributed by atoms with Crippen molar-refractivity contribution in [1.82, 2.24) is 4.90 Å². The van der Waals surface area contributed by atoms with E-state index < -0.39 is 11.6 Å². The third-order valence-corrected chi connectivity index (χ3v) is 6.44. The Kier molecular flexibility index (Phi) is 6.04. The fourth-order valence-electron chi connectivity index (χ4n) is 5.14. The second-order valence-electron chi connectivity index (χ2n) is 9.19. The van der Waals surface area contributed by atoms with Crippen molar-refractivity contribution in [3.8, 4) is 5.75 Å². The summed E-state index contributed by atoms with van der Waals surface area (Å²) in [6.45, 7) is 7.78. The molecular formula is C25H31FN2O3. The average molecular weight is 427 g/mol. The van der Waals surface area contributed by atoms with Crippen molar-refractivity contribution in [2.75, 3.05) is 11.4 Å². The van der Waals surface area contributed by atoms with Crippen molar-refractivity contribution in [3.05, 3.63) is 59.9 Å². The van der Waals surface area contributed by atoms with Crippen LogP contribution in [-0.2, 0) is 11.3 Å². The lowest BCUT2D eigenvalue weighted by molar-refractivity contribution is -0.124. The number of anilines is 1. The number of halogens is 1. The number of aliphatic hydroxyl groups is 1. The highest BCUT2D eigenvalue weighted by Crippen LogP contribution is 2.44. The topological polar surface area (TPSA) is 53.0 Å². The molecule has 3 atom stereocenters. The first-order valence-corrected chi connectivity index (χ1v) is 11.0. The summed E-state index contributed by atoms with van der Waals surface area (Å²) in [4.78, 5) is 16.9. The SMILES string of the molecule is CC(C)Oc1cccc(CN2CCC3(CC(O)C(=O)N3c3cccc(F)c3)CC2C)c1. The van der Waals surface area contributed by atoms with E-state index in [2.05, 4.69) is 24.0 Å². The number of aliphatic hydroxyl groups excluding tert-OH is 1. The molecule has 0 bridgehead atoms. The molecule has 5 nitrogen and oxygen atoms in total. The highest BCUT2D eigenvalue weighted by molar-refractivity contribution is 6.00. The van der Waals surface area contributed by atoms with E-state index in [1.54, 1.807) is 17.0 Å². The molecule has 0 aromatic heterocycles. The number of nitrogens with zero attached hydrogens (tertiary/aromatic N) is 2. The number of likely N-dealkylation sites (tertiary alicyclic amines) is 1. The number of amides is 1. The number of piperidine rings is 1. The molecule has 0 aliphatic carbocycles. The standard InChI is InChI=1S/C25H31FN2O3/c1-17(2)31-22-9-4-6-19(12-22)16-27-11-10-25(14-18(27)3)15-23(29)24(30)28(25)21-8-5-7-20(26)13-21/h4-9,12-13,17-18,23,29H,10-11,14-16H2,1-3H3. The van der Waals surface area contributed by atoms with E-state index in [1.807, 2.05) is 26.0 Å². The number of rotatable bonds is 5. The Balaban J connectivity index is 1.52. The minimum atomic E-state index is -1.04. The lowest BCUT2D eigenvalue weighted by Gasteiger charge is -2.48. The maximum absolute atomic E-state index is 13.9. The molecule has 2 aliphatic heterocycles. The molecule has 2 heterocycles. The molecule has 2 aliphatic rings. The predicted molar refractivity (Wildman–Crippen MR) is 119 cm³/mol. The van der Waals surface area contributed by atoms with Gasteiger partial charge in [0.15, 0.2) is 0 Å². The zero-order valence-corrected chi connectivity index (χ0v) is 18.4. The minimum Gasteiger partial charge on any atom is -0.491 e. The Morgan fingerprint density at radius 1 is 1.19 bits per heavy atom. The summed E-state index contributed by atoms with van der Waals surface area (Å²) in [5.74, 6) is 0.163. The summed E-state index contributed by atoms with van der Waals surface area (Å²) >= 11 is 0. The maximum Gasteiger partial charge on any atom is 0.256 e. The van der Waals surface area contributed by atoms with Crippen molar-refractivity contribution < 1.29 is 19.0 Å². The van der Waals surface area contributed by atoms with Gasteiger partial charge in [0.2, 0.25) is 0 Å². The van der Waals surface area contributed by atoms with Gasteiger partial charge in [-0.25, -0.2) is 4.39 Å². The lowest BCUT2D eigenvalue weighted by atomic mass is 9.80. The molecule has 31 heavy (non-hydrogen) atoms. The largest absolute Gasteiger partial charge is 0.491 e. The molecule has 0 saturated carbocycles.